The van der Waals surface area contributed by atoms with Crippen molar-refractivity contribution in [3.05, 3.63) is 28.8 Å². The van der Waals surface area contributed by atoms with Gasteiger partial charge in [0, 0.05) is 11.1 Å². The van der Waals surface area contributed by atoms with Crippen molar-refractivity contribution >= 4 is 17.3 Å². The minimum absolute atomic E-state index is 0.202. The summed E-state index contributed by atoms with van der Waals surface area (Å²) in [6, 6.07) is 7.49. The fraction of sp³-hybridized carbons (Fsp3) is 0.364. The number of anilines is 1. The highest BCUT2D eigenvalue weighted by atomic mass is 35.5. The number of hydrogen-bond acceptors (Lipinski definition) is 3. The van der Waals surface area contributed by atoms with E-state index in [4.69, 9.17) is 22.0 Å². The maximum absolute atomic E-state index is 9.15. The normalized spacial score (nSPS) is 24.1. The Balaban J connectivity index is 2.13. The SMILES string of the molecule is N#Cc1ccc(Cl)cc1NC1CC(O)C1. The summed E-state index contributed by atoms with van der Waals surface area (Å²) in [7, 11) is 0. The zero-order valence-corrected chi connectivity index (χ0v) is 8.83. The highest BCUT2D eigenvalue weighted by molar-refractivity contribution is 6.30. The Labute approximate surface area is 93.3 Å². The first-order valence-electron chi connectivity index (χ1n) is 4.83. The van der Waals surface area contributed by atoms with Crippen LogP contribution in [-0.4, -0.2) is 17.3 Å². The largest absolute Gasteiger partial charge is 0.393 e. The molecule has 0 spiro atoms. The smallest absolute Gasteiger partial charge is 0.101 e. The quantitative estimate of drug-likeness (QED) is 0.806. The average Bonchev–Trinajstić information content (AvgIpc) is 2.16. The number of nitriles is 1. The zero-order chi connectivity index (χ0) is 10.8. The van der Waals surface area contributed by atoms with E-state index in [9.17, 15) is 0 Å². The molecule has 15 heavy (non-hydrogen) atoms. The topological polar surface area (TPSA) is 56.0 Å². The lowest BCUT2D eigenvalue weighted by atomic mass is 9.89. The van der Waals surface area contributed by atoms with Gasteiger partial charge >= 0.3 is 0 Å². The molecule has 0 aromatic heterocycles. The van der Waals surface area contributed by atoms with Gasteiger partial charge in [-0.15, -0.1) is 0 Å². The van der Waals surface area contributed by atoms with Gasteiger partial charge in [0.05, 0.1) is 17.4 Å². The fourth-order valence-electron chi connectivity index (χ4n) is 1.66. The minimum atomic E-state index is -0.202. The van der Waals surface area contributed by atoms with E-state index in [2.05, 4.69) is 11.4 Å². The Morgan fingerprint density at radius 1 is 1.47 bits per heavy atom. The number of benzene rings is 1. The predicted octanol–water partition coefficient (Wildman–Crippen LogP) is 2.15. The molecule has 2 rings (SSSR count). The molecule has 0 radical (unpaired) electrons. The second kappa shape index (κ2) is 4.09. The van der Waals surface area contributed by atoms with Crippen LogP contribution in [0, 0.1) is 11.3 Å². The van der Waals surface area contributed by atoms with Crippen LogP contribution >= 0.6 is 11.6 Å². The van der Waals surface area contributed by atoms with Crippen molar-refractivity contribution in [1.29, 1.82) is 5.26 Å². The number of nitrogens with one attached hydrogen (secondary N) is 1. The molecule has 4 heteroatoms. The second-order valence-corrected chi connectivity index (χ2v) is 4.20. The van der Waals surface area contributed by atoms with E-state index in [1.54, 1.807) is 18.2 Å². The van der Waals surface area contributed by atoms with Gasteiger partial charge in [0.1, 0.15) is 6.07 Å². The molecule has 1 aromatic rings. The third-order valence-corrected chi connectivity index (χ3v) is 2.81. The number of halogens is 1. The Bertz CT molecular complexity index is 408. The zero-order valence-electron chi connectivity index (χ0n) is 8.07. The molecule has 1 fully saturated rings. The van der Waals surface area contributed by atoms with Crippen molar-refractivity contribution in [3.63, 3.8) is 0 Å². The van der Waals surface area contributed by atoms with Crippen LogP contribution in [0.25, 0.3) is 0 Å². The maximum Gasteiger partial charge on any atom is 0.101 e. The van der Waals surface area contributed by atoms with Gasteiger partial charge in [-0.3, -0.25) is 0 Å². The summed E-state index contributed by atoms with van der Waals surface area (Å²) in [4.78, 5) is 0. The third-order valence-electron chi connectivity index (χ3n) is 2.57. The molecule has 3 nitrogen and oxygen atoms in total. The Morgan fingerprint density at radius 3 is 2.80 bits per heavy atom. The summed E-state index contributed by atoms with van der Waals surface area (Å²) in [5.74, 6) is 0. The average molecular weight is 223 g/mol. The van der Waals surface area contributed by atoms with E-state index >= 15 is 0 Å². The van der Waals surface area contributed by atoms with E-state index in [-0.39, 0.29) is 12.1 Å². The van der Waals surface area contributed by atoms with Crippen LogP contribution in [-0.2, 0) is 0 Å². The van der Waals surface area contributed by atoms with E-state index in [1.165, 1.54) is 0 Å². The Kier molecular flexibility index (Phi) is 2.81. The van der Waals surface area contributed by atoms with Crippen molar-refractivity contribution in [2.75, 3.05) is 5.32 Å². The van der Waals surface area contributed by atoms with Crippen LogP contribution in [0.1, 0.15) is 18.4 Å². The molecule has 0 bridgehead atoms. The lowest BCUT2D eigenvalue weighted by molar-refractivity contribution is 0.0836. The van der Waals surface area contributed by atoms with Crippen molar-refractivity contribution < 1.29 is 5.11 Å². The summed E-state index contributed by atoms with van der Waals surface area (Å²) < 4.78 is 0. The van der Waals surface area contributed by atoms with Gasteiger partial charge < -0.3 is 10.4 Å². The number of aliphatic hydroxyl groups is 1. The van der Waals surface area contributed by atoms with Crippen molar-refractivity contribution in [1.82, 2.24) is 0 Å². The van der Waals surface area contributed by atoms with E-state index in [0.29, 0.717) is 10.6 Å². The first kappa shape index (κ1) is 10.3. The third kappa shape index (κ3) is 2.23. The molecule has 0 unspecified atom stereocenters. The van der Waals surface area contributed by atoms with E-state index < -0.39 is 0 Å². The summed E-state index contributed by atoms with van der Waals surface area (Å²) in [5, 5.41) is 21.8. The van der Waals surface area contributed by atoms with Gasteiger partial charge in [-0.1, -0.05) is 11.6 Å². The standard InChI is InChI=1S/C11H11ClN2O/c12-8-2-1-7(6-13)11(3-8)14-9-4-10(15)5-9/h1-3,9-10,14-15H,4-5H2. The fourth-order valence-corrected chi connectivity index (χ4v) is 1.83. The van der Waals surface area contributed by atoms with Crippen molar-refractivity contribution in [2.45, 2.75) is 25.0 Å². The van der Waals surface area contributed by atoms with Crippen LogP contribution in [0.3, 0.4) is 0 Å². The van der Waals surface area contributed by atoms with Gasteiger partial charge in [0.25, 0.3) is 0 Å². The van der Waals surface area contributed by atoms with Gasteiger partial charge in [0.15, 0.2) is 0 Å². The highest BCUT2D eigenvalue weighted by Gasteiger charge is 2.27. The molecule has 1 aromatic carbocycles. The first-order valence-corrected chi connectivity index (χ1v) is 5.21. The molecule has 0 amide bonds. The molecule has 0 aliphatic heterocycles. The molecule has 1 saturated carbocycles. The Morgan fingerprint density at radius 2 is 2.20 bits per heavy atom. The number of rotatable bonds is 2. The van der Waals surface area contributed by atoms with Gasteiger partial charge in [-0.25, -0.2) is 0 Å². The number of hydrogen-bond donors (Lipinski definition) is 2. The molecule has 78 valence electrons. The predicted molar refractivity (Wildman–Crippen MR) is 58.8 cm³/mol. The van der Waals surface area contributed by atoms with Crippen molar-refractivity contribution in [2.24, 2.45) is 0 Å². The van der Waals surface area contributed by atoms with Crippen LogP contribution in [0.4, 0.5) is 5.69 Å². The molecule has 1 aliphatic rings. The van der Waals surface area contributed by atoms with Gasteiger partial charge in [0.2, 0.25) is 0 Å². The molecule has 0 atom stereocenters. The summed E-state index contributed by atoms with van der Waals surface area (Å²) in [5.41, 5.74) is 1.34. The van der Waals surface area contributed by atoms with Crippen LogP contribution in [0.15, 0.2) is 18.2 Å². The lowest BCUT2D eigenvalue weighted by Crippen LogP contribution is -2.39. The van der Waals surface area contributed by atoms with Crippen LogP contribution in [0.2, 0.25) is 5.02 Å². The molecule has 0 heterocycles. The van der Waals surface area contributed by atoms with Crippen LogP contribution in [0.5, 0.6) is 0 Å². The molecular formula is C11H11ClN2O. The summed E-state index contributed by atoms with van der Waals surface area (Å²) in [6.45, 7) is 0. The van der Waals surface area contributed by atoms with E-state index in [0.717, 1.165) is 18.5 Å². The van der Waals surface area contributed by atoms with Gasteiger partial charge in [-0.05, 0) is 31.0 Å². The molecule has 0 saturated heterocycles. The van der Waals surface area contributed by atoms with Crippen LogP contribution < -0.4 is 5.32 Å². The van der Waals surface area contributed by atoms with Gasteiger partial charge in [-0.2, -0.15) is 5.26 Å². The summed E-state index contributed by atoms with van der Waals surface area (Å²) in [6.07, 6.45) is 1.27. The molecular weight excluding hydrogens is 212 g/mol. The molecule has 2 N–H and O–H groups in total. The van der Waals surface area contributed by atoms with Crippen molar-refractivity contribution in [3.8, 4) is 6.07 Å². The minimum Gasteiger partial charge on any atom is -0.393 e. The summed E-state index contributed by atoms with van der Waals surface area (Å²) >= 11 is 5.85. The monoisotopic (exact) mass is 222 g/mol. The highest BCUT2D eigenvalue weighted by Crippen LogP contribution is 2.27. The molecule has 1 aliphatic carbocycles. The maximum atomic E-state index is 9.15. The Hall–Kier alpha value is -1.24. The number of nitrogens with zero attached hydrogens (tertiary/aromatic N) is 1. The first-order chi connectivity index (χ1) is 7.19. The lowest BCUT2D eigenvalue weighted by Gasteiger charge is -2.33. The second-order valence-electron chi connectivity index (χ2n) is 3.77. The van der Waals surface area contributed by atoms with E-state index in [1.807, 2.05) is 0 Å². The number of aliphatic hydroxyl groups excluding tert-OH is 1.